The van der Waals surface area contributed by atoms with Crippen molar-refractivity contribution in [1.29, 1.82) is 0 Å². The fraction of sp³-hybridized carbons (Fsp3) is 0.444. The van der Waals surface area contributed by atoms with E-state index in [1.54, 1.807) is 13.0 Å². The highest BCUT2D eigenvalue weighted by Gasteiger charge is 2.17. The van der Waals surface area contributed by atoms with Gasteiger partial charge in [0, 0.05) is 5.56 Å². The fourth-order valence-electron chi connectivity index (χ4n) is 1.13. The predicted molar refractivity (Wildman–Crippen MR) is 44.5 cm³/mol. The van der Waals surface area contributed by atoms with Crippen LogP contribution in [-0.2, 0) is 0 Å². The van der Waals surface area contributed by atoms with E-state index in [0.717, 1.165) is 5.56 Å². The lowest BCUT2D eigenvalue weighted by atomic mass is 10.0. The molecule has 3 nitrogen and oxygen atoms in total. The number of aromatic carboxylic acids is 1. The van der Waals surface area contributed by atoms with Gasteiger partial charge < -0.3 is 9.52 Å². The highest BCUT2D eigenvalue weighted by molar-refractivity contribution is 5.86. The molecule has 0 amide bonds. The second kappa shape index (κ2) is 3.01. The van der Waals surface area contributed by atoms with Gasteiger partial charge in [-0.05, 0) is 18.9 Å². The average molecular weight is 168 g/mol. The summed E-state index contributed by atoms with van der Waals surface area (Å²) in [7, 11) is 0. The Morgan fingerprint density at radius 3 is 2.50 bits per heavy atom. The zero-order valence-electron chi connectivity index (χ0n) is 7.42. The molecule has 0 aliphatic heterocycles. The molecule has 0 aliphatic carbocycles. The van der Waals surface area contributed by atoms with Crippen LogP contribution < -0.4 is 0 Å². The molecule has 3 heteroatoms. The van der Waals surface area contributed by atoms with E-state index in [2.05, 4.69) is 0 Å². The van der Waals surface area contributed by atoms with Gasteiger partial charge in [-0.3, -0.25) is 0 Å². The second-order valence-corrected chi connectivity index (χ2v) is 3.10. The van der Waals surface area contributed by atoms with Crippen molar-refractivity contribution >= 4 is 5.97 Å². The number of rotatable bonds is 2. The summed E-state index contributed by atoms with van der Waals surface area (Å²) in [6, 6.07) is 1.77. The number of carbonyl (C=O) groups is 1. The lowest BCUT2D eigenvalue weighted by molar-refractivity contribution is 0.0658. The summed E-state index contributed by atoms with van der Waals surface area (Å²) < 4.78 is 5.04. The topological polar surface area (TPSA) is 50.4 Å². The third-order valence-electron chi connectivity index (χ3n) is 1.70. The molecule has 1 heterocycles. The van der Waals surface area contributed by atoms with Crippen LogP contribution in [0.1, 0.15) is 41.6 Å². The van der Waals surface area contributed by atoms with Gasteiger partial charge in [-0.25, -0.2) is 4.79 Å². The van der Waals surface area contributed by atoms with Crippen molar-refractivity contribution < 1.29 is 14.3 Å². The van der Waals surface area contributed by atoms with E-state index in [4.69, 9.17) is 9.52 Å². The molecule has 0 radical (unpaired) electrons. The van der Waals surface area contributed by atoms with Crippen LogP contribution in [0.4, 0.5) is 0 Å². The molecule has 66 valence electrons. The van der Waals surface area contributed by atoms with Gasteiger partial charge in [-0.2, -0.15) is 0 Å². The number of hydrogen-bond donors (Lipinski definition) is 1. The fourth-order valence-corrected chi connectivity index (χ4v) is 1.13. The Morgan fingerprint density at radius 1 is 1.58 bits per heavy atom. The summed E-state index contributed by atoms with van der Waals surface area (Å²) in [6.07, 6.45) is 0. The number of furan rings is 1. The van der Waals surface area contributed by atoms with E-state index in [9.17, 15) is 4.79 Å². The first-order valence-electron chi connectivity index (χ1n) is 3.86. The van der Waals surface area contributed by atoms with Crippen LogP contribution in [0.5, 0.6) is 0 Å². The Labute approximate surface area is 71.0 Å². The molecule has 1 rings (SSSR count). The molecule has 0 aromatic carbocycles. The smallest absolute Gasteiger partial charge is 0.372 e. The van der Waals surface area contributed by atoms with Crippen LogP contribution in [0.2, 0.25) is 0 Å². The standard InChI is InChI=1S/C9H12O3/c1-5(2)7-4-6(3)12-8(7)9(10)11/h4-5H,1-3H3,(H,10,11). The molecular weight excluding hydrogens is 156 g/mol. The third-order valence-corrected chi connectivity index (χ3v) is 1.70. The van der Waals surface area contributed by atoms with Gasteiger partial charge >= 0.3 is 5.97 Å². The Bertz CT molecular complexity index is 297. The molecule has 12 heavy (non-hydrogen) atoms. The number of carboxylic acids is 1. The Hall–Kier alpha value is -1.25. The van der Waals surface area contributed by atoms with Gasteiger partial charge in [-0.15, -0.1) is 0 Å². The maximum atomic E-state index is 10.6. The normalized spacial score (nSPS) is 10.7. The Morgan fingerprint density at radius 2 is 2.17 bits per heavy atom. The molecule has 0 spiro atoms. The average Bonchev–Trinajstić information content (AvgIpc) is 2.31. The molecule has 1 aromatic heterocycles. The van der Waals surface area contributed by atoms with E-state index < -0.39 is 5.97 Å². The van der Waals surface area contributed by atoms with Gasteiger partial charge in [0.15, 0.2) is 0 Å². The van der Waals surface area contributed by atoms with Crippen molar-refractivity contribution in [3.05, 3.63) is 23.2 Å². The van der Waals surface area contributed by atoms with Crippen molar-refractivity contribution in [2.75, 3.05) is 0 Å². The monoisotopic (exact) mass is 168 g/mol. The van der Waals surface area contributed by atoms with Gasteiger partial charge in [0.05, 0.1) is 0 Å². The molecule has 0 saturated heterocycles. The molecule has 0 unspecified atom stereocenters. The maximum absolute atomic E-state index is 10.6. The van der Waals surface area contributed by atoms with Crippen molar-refractivity contribution in [2.24, 2.45) is 0 Å². The van der Waals surface area contributed by atoms with Gasteiger partial charge in [0.1, 0.15) is 5.76 Å². The molecular formula is C9H12O3. The first kappa shape index (κ1) is 8.84. The molecule has 1 aromatic rings. The first-order chi connectivity index (χ1) is 5.52. The quantitative estimate of drug-likeness (QED) is 0.737. The maximum Gasteiger partial charge on any atom is 0.372 e. The van der Waals surface area contributed by atoms with E-state index >= 15 is 0 Å². The Kier molecular flexibility index (Phi) is 2.22. The highest BCUT2D eigenvalue weighted by atomic mass is 16.4. The van der Waals surface area contributed by atoms with Crippen LogP contribution in [0.25, 0.3) is 0 Å². The number of carboxylic acid groups (broad SMARTS) is 1. The lowest BCUT2D eigenvalue weighted by Crippen LogP contribution is -1.99. The minimum Gasteiger partial charge on any atom is -0.475 e. The summed E-state index contributed by atoms with van der Waals surface area (Å²) in [5.41, 5.74) is 0.764. The minimum absolute atomic E-state index is 0.0718. The predicted octanol–water partition coefficient (Wildman–Crippen LogP) is 2.41. The van der Waals surface area contributed by atoms with E-state index in [1.165, 1.54) is 0 Å². The van der Waals surface area contributed by atoms with Crippen LogP contribution in [0.3, 0.4) is 0 Å². The van der Waals surface area contributed by atoms with Crippen LogP contribution >= 0.6 is 0 Å². The zero-order valence-corrected chi connectivity index (χ0v) is 7.42. The highest BCUT2D eigenvalue weighted by Crippen LogP contribution is 2.22. The van der Waals surface area contributed by atoms with Crippen molar-refractivity contribution in [3.8, 4) is 0 Å². The van der Waals surface area contributed by atoms with Crippen LogP contribution in [0, 0.1) is 6.92 Å². The van der Waals surface area contributed by atoms with Gasteiger partial charge in [0.25, 0.3) is 0 Å². The summed E-state index contributed by atoms with van der Waals surface area (Å²) in [5, 5.41) is 8.73. The third kappa shape index (κ3) is 1.49. The largest absolute Gasteiger partial charge is 0.475 e. The first-order valence-corrected chi connectivity index (χ1v) is 3.86. The van der Waals surface area contributed by atoms with Crippen molar-refractivity contribution in [1.82, 2.24) is 0 Å². The minimum atomic E-state index is -0.994. The van der Waals surface area contributed by atoms with Gasteiger partial charge in [-0.1, -0.05) is 13.8 Å². The molecule has 0 aliphatic rings. The van der Waals surface area contributed by atoms with E-state index in [1.807, 2.05) is 13.8 Å². The molecule has 0 saturated carbocycles. The zero-order chi connectivity index (χ0) is 9.30. The van der Waals surface area contributed by atoms with Crippen LogP contribution in [-0.4, -0.2) is 11.1 Å². The number of aryl methyl sites for hydroxylation is 1. The molecule has 0 fully saturated rings. The summed E-state index contributed by atoms with van der Waals surface area (Å²) >= 11 is 0. The van der Waals surface area contributed by atoms with Crippen LogP contribution in [0.15, 0.2) is 10.5 Å². The van der Waals surface area contributed by atoms with Crippen molar-refractivity contribution in [3.63, 3.8) is 0 Å². The second-order valence-electron chi connectivity index (χ2n) is 3.10. The summed E-state index contributed by atoms with van der Waals surface area (Å²) in [6.45, 7) is 5.63. The van der Waals surface area contributed by atoms with E-state index in [0.29, 0.717) is 5.76 Å². The molecule has 1 N–H and O–H groups in total. The Balaban J connectivity index is 3.17. The molecule has 0 bridgehead atoms. The molecule has 0 atom stereocenters. The summed E-state index contributed by atoms with van der Waals surface area (Å²) in [5.74, 6) is -0.0843. The van der Waals surface area contributed by atoms with Gasteiger partial charge in [0.2, 0.25) is 5.76 Å². The summed E-state index contributed by atoms with van der Waals surface area (Å²) in [4.78, 5) is 10.6. The van der Waals surface area contributed by atoms with Crippen molar-refractivity contribution in [2.45, 2.75) is 26.7 Å². The SMILES string of the molecule is Cc1cc(C(C)C)c(C(=O)O)o1. The lowest BCUT2D eigenvalue weighted by Gasteiger charge is -2.00. The number of hydrogen-bond acceptors (Lipinski definition) is 2. The van der Waals surface area contributed by atoms with E-state index in [-0.39, 0.29) is 11.7 Å².